The normalized spacial score (nSPS) is 10.5. The van der Waals surface area contributed by atoms with Crippen molar-refractivity contribution < 1.29 is 14.6 Å². The Labute approximate surface area is 103 Å². The lowest BCUT2D eigenvalue weighted by Gasteiger charge is -2.08. The van der Waals surface area contributed by atoms with Gasteiger partial charge in [-0.15, -0.1) is 6.61 Å². The van der Waals surface area contributed by atoms with Crippen LogP contribution in [-0.4, -0.2) is 20.3 Å². The first-order valence-electron chi connectivity index (χ1n) is 6.15. The molecule has 1 aromatic rings. The number of ether oxygens (including phenoxy) is 2. The maximum atomic E-state index is 10.6. The van der Waals surface area contributed by atoms with Crippen LogP contribution >= 0.6 is 0 Å². The molecule has 0 aromatic heterocycles. The highest BCUT2D eigenvalue weighted by Crippen LogP contribution is 2.12. The molecular formula is C14H21O3-. The maximum absolute atomic E-state index is 10.6. The van der Waals surface area contributed by atoms with Gasteiger partial charge < -0.3 is 14.6 Å². The minimum atomic E-state index is -0.167. The molecule has 0 amide bonds. The molecule has 1 aromatic carbocycles. The lowest BCUT2D eigenvalue weighted by molar-refractivity contribution is -0.386. The van der Waals surface area contributed by atoms with E-state index in [1.807, 2.05) is 24.3 Å². The van der Waals surface area contributed by atoms with Gasteiger partial charge in [0.1, 0.15) is 5.75 Å². The Morgan fingerprint density at radius 2 is 1.59 bits per heavy atom. The summed E-state index contributed by atoms with van der Waals surface area (Å²) in [5.41, 5.74) is 0.803. The van der Waals surface area contributed by atoms with Crippen molar-refractivity contribution in [1.29, 1.82) is 0 Å². The Balaban J connectivity index is 2.05. The van der Waals surface area contributed by atoms with Gasteiger partial charge >= 0.3 is 0 Å². The molecule has 0 radical (unpaired) electrons. The molecule has 0 saturated carbocycles. The summed E-state index contributed by atoms with van der Waals surface area (Å²) in [5.74, 6) is 0.846. The van der Waals surface area contributed by atoms with Gasteiger partial charge in [0, 0.05) is 13.7 Å². The van der Waals surface area contributed by atoms with Gasteiger partial charge in [0.05, 0.1) is 6.61 Å². The Bertz CT molecular complexity index is 282. The molecule has 0 aliphatic heterocycles. The molecule has 1 rings (SSSR count). The van der Waals surface area contributed by atoms with Crippen LogP contribution in [0.2, 0.25) is 0 Å². The maximum Gasteiger partial charge on any atom is 0.119 e. The molecule has 3 nitrogen and oxygen atoms in total. The number of hydrogen-bond donors (Lipinski definition) is 0. The van der Waals surface area contributed by atoms with Crippen molar-refractivity contribution in [3.63, 3.8) is 0 Å². The van der Waals surface area contributed by atoms with Gasteiger partial charge in [-0.25, -0.2) is 0 Å². The summed E-state index contributed by atoms with van der Waals surface area (Å²) in [4.78, 5) is 0. The summed E-state index contributed by atoms with van der Waals surface area (Å²) < 4.78 is 10.6. The topological polar surface area (TPSA) is 41.5 Å². The summed E-state index contributed by atoms with van der Waals surface area (Å²) in [7, 11) is 1.73. The van der Waals surface area contributed by atoms with E-state index < -0.39 is 0 Å². The second kappa shape index (κ2) is 9.02. The van der Waals surface area contributed by atoms with Crippen molar-refractivity contribution in [1.82, 2.24) is 0 Å². The first-order valence-corrected chi connectivity index (χ1v) is 6.15. The van der Waals surface area contributed by atoms with Crippen LogP contribution < -0.4 is 9.84 Å². The van der Waals surface area contributed by atoms with Crippen molar-refractivity contribution in [3.8, 4) is 5.75 Å². The Hall–Kier alpha value is -1.06. The quantitative estimate of drug-likeness (QED) is 0.618. The van der Waals surface area contributed by atoms with Crippen molar-refractivity contribution in [3.05, 3.63) is 29.8 Å². The zero-order chi connectivity index (χ0) is 12.3. The van der Waals surface area contributed by atoms with E-state index in [0.717, 1.165) is 37.4 Å². The summed E-state index contributed by atoms with van der Waals surface area (Å²) in [6.07, 6.45) is 4.54. The average Bonchev–Trinajstić information content (AvgIpc) is 2.38. The molecule has 17 heavy (non-hydrogen) atoms. The summed E-state index contributed by atoms with van der Waals surface area (Å²) in [6, 6.07) is 7.36. The van der Waals surface area contributed by atoms with Crippen molar-refractivity contribution >= 4 is 0 Å². The summed E-state index contributed by atoms with van der Waals surface area (Å²) >= 11 is 0. The first-order chi connectivity index (χ1) is 8.36. The highest BCUT2D eigenvalue weighted by atomic mass is 16.5. The molecular weight excluding hydrogens is 216 g/mol. The van der Waals surface area contributed by atoms with E-state index in [1.165, 1.54) is 12.8 Å². The van der Waals surface area contributed by atoms with Crippen LogP contribution in [0.15, 0.2) is 24.3 Å². The fraction of sp³-hybridized carbons (Fsp3) is 0.571. The van der Waals surface area contributed by atoms with E-state index in [-0.39, 0.29) is 6.61 Å². The predicted octanol–water partition coefficient (Wildman–Crippen LogP) is 2.13. The highest BCUT2D eigenvalue weighted by Gasteiger charge is 1.94. The van der Waals surface area contributed by atoms with Crippen molar-refractivity contribution in [2.24, 2.45) is 0 Å². The molecule has 0 N–H and O–H groups in total. The number of benzene rings is 1. The van der Waals surface area contributed by atoms with Gasteiger partial charge in [0.25, 0.3) is 0 Å². The van der Waals surface area contributed by atoms with Crippen LogP contribution in [0, 0.1) is 0 Å². The van der Waals surface area contributed by atoms with Gasteiger partial charge in [-0.05, 0) is 31.4 Å². The van der Waals surface area contributed by atoms with Crippen LogP contribution in [0.25, 0.3) is 0 Å². The van der Waals surface area contributed by atoms with E-state index >= 15 is 0 Å². The number of hydrogen-bond acceptors (Lipinski definition) is 3. The second-order valence-electron chi connectivity index (χ2n) is 4.04. The largest absolute Gasteiger partial charge is 0.851 e. The Kier molecular flexibility index (Phi) is 7.43. The van der Waals surface area contributed by atoms with E-state index in [2.05, 4.69) is 0 Å². The molecule has 0 aliphatic rings. The Morgan fingerprint density at radius 3 is 2.18 bits per heavy atom. The standard InChI is InChI=1S/C14H21O3/c1-16-10-4-2-3-5-11-17-14-8-6-13(12-15)7-9-14/h6-9H,2-5,10-12H2,1H3/q-1. The van der Waals surface area contributed by atoms with Gasteiger partial charge in [0.2, 0.25) is 0 Å². The lowest BCUT2D eigenvalue weighted by Crippen LogP contribution is -2.02. The Morgan fingerprint density at radius 1 is 0.941 bits per heavy atom. The molecule has 0 fully saturated rings. The first kappa shape index (κ1) is 14.0. The summed E-state index contributed by atoms with van der Waals surface area (Å²) in [5, 5.41) is 10.6. The predicted molar refractivity (Wildman–Crippen MR) is 66.0 cm³/mol. The molecule has 96 valence electrons. The zero-order valence-electron chi connectivity index (χ0n) is 10.5. The molecule has 0 atom stereocenters. The third-order valence-electron chi connectivity index (χ3n) is 2.60. The molecule has 0 aliphatic carbocycles. The SMILES string of the molecule is COCCCCCCOc1ccc(C[O-])cc1. The van der Waals surface area contributed by atoms with Crippen molar-refractivity contribution in [2.45, 2.75) is 32.3 Å². The third kappa shape index (κ3) is 6.29. The molecule has 0 bridgehead atoms. The van der Waals surface area contributed by atoms with Crippen LogP contribution in [0.1, 0.15) is 31.2 Å². The van der Waals surface area contributed by atoms with Gasteiger partial charge in [-0.1, -0.05) is 24.1 Å². The van der Waals surface area contributed by atoms with E-state index in [0.29, 0.717) is 0 Å². The number of rotatable bonds is 9. The smallest absolute Gasteiger partial charge is 0.119 e. The van der Waals surface area contributed by atoms with E-state index in [1.54, 1.807) is 7.11 Å². The fourth-order valence-electron chi connectivity index (χ4n) is 1.57. The van der Waals surface area contributed by atoms with Crippen LogP contribution in [0.3, 0.4) is 0 Å². The van der Waals surface area contributed by atoms with Crippen LogP contribution in [0.5, 0.6) is 5.75 Å². The molecule has 3 heteroatoms. The number of methoxy groups -OCH3 is 1. The second-order valence-corrected chi connectivity index (χ2v) is 4.04. The molecule has 0 unspecified atom stereocenters. The van der Waals surface area contributed by atoms with E-state index in [9.17, 15) is 5.11 Å². The third-order valence-corrected chi connectivity index (χ3v) is 2.60. The van der Waals surface area contributed by atoms with Crippen LogP contribution in [-0.2, 0) is 11.3 Å². The fourth-order valence-corrected chi connectivity index (χ4v) is 1.57. The van der Waals surface area contributed by atoms with E-state index in [4.69, 9.17) is 9.47 Å². The minimum absolute atomic E-state index is 0.167. The number of unbranched alkanes of at least 4 members (excludes halogenated alkanes) is 3. The zero-order valence-corrected chi connectivity index (χ0v) is 10.5. The van der Waals surface area contributed by atoms with Gasteiger partial charge in [0.15, 0.2) is 0 Å². The highest BCUT2D eigenvalue weighted by molar-refractivity contribution is 5.26. The van der Waals surface area contributed by atoms with Crippen molar-refractivity contribution in [2.75, 3.05) is 20.3 Å². The lowest BCUT2D eigenvalue weighted by atomic mass is 10.2. The molecule has 0 saturated heterocycles. The van der Waals surface area contributed by atoms with Crippen LogP contribution in [0.4, 0.5) is 0 Å². The minimum Gasteiger partial charge on any atom is -0.851 e. The monoisotopic (exact) mass is 237 g/mol. The summed E-state index contributed by atoms with van der Waals surface area (Å²) in [6.45, 7) is 1.42. The van der Waals surface area contributed by atoms with Gasteiger partial charge in [-0.2, -0.15) is 0 Å². The molecule has 0 heterocycles. The molecule has 0 spiro atoms. The average molecular weight is 237 g/mol. The van der Waals surface area contributed by atoms with Gasteiger partial charge in [-0.3, -0.25) is 0 Å².